The van der Waals surface area contributed by atoms with Crippen molar-refractivity contribution in [2.75, 3.05) is 0 Å². The topological polar surface area (TPSA) is 59.0 Å². The lowest BCUT2D eigenvalue weighted by atomic mass is 9.55. The molecule has 0 saturated heterocycles. The molecular weight excluding hydrogens is 472 g/mol. The van der Waals surface area contributed by atoms with Gasteiger partial charge >= 0.3 is 12.2 Å². The van der Waals surface area contributed by atoms with Crippen molar-refractivity contribution in [1.29, 1.82) is 0 Å². The normalized spacial score (nSPS) is 27.4. The van der Waals surface area contributed by atoms with E-state index >= 15 is 0 Å². The first-order valence-electron chi connectivity index (χ1n) is 12.4. The highest BCUT2D eigenvalue weighted by Gasteiger charge is 2.54. The highest BCUT2D eigenvalue weighted by atomic mass is 19.4. The van der Waals surface area contributed by atoms with Crippen LogP contribution in [0, 0.1) is 23.1 Å². The highest BCUT2D eigenvalue weighted by Crippen LogP contribution is 2.57. The molecular formula is C27H30F4N4O. The summed E-state index contributed by atoms with van der Waals surface area (Å²) in [5, 5.41) is 9.90. The smallest absolute Gasteiger partial charge is 0.336 e. The largest absolute Gasteiger partial charge is 0.394 e. The van der Waals surface area contributed by atoms with E-state index in [0.29, 0.717) is 19.3 Å². The quantitative estimate of drug-likeness (QED) is 0.403. The van der Waals surface area contributed by atoms with Gasteiger partial charge in [0.25, 0.3) is 0 Å². The molecule has 1 heterocycles. The van der Waals surface area contributed by atoms with Gasteiger partial charge in [-0.05, 0) is 75.4 Å². The number of carbonyl (C=O) groups is 1. The number of alkyl halides is 3. The third kappa shape index (κ3) is 4.22. The third-order valence-electron chi connectivity index (χ3n) is 7.88. The van der Waals surface area contributed by atoms with Crippen LogP contribution in [0.4, 0.5) is 22.4 Å². The average Bonchev–Trinajstić information content (AvgIpc) is 3.18. The second kappa shape index (κ2) is 8.78. The number of nitrogens with one attached hydrogen (secondary N) is 2. The van der Waals surface area contributed by atoms with Gasteiger partial charge in [-0.1, -0.05) is 24.1 Å². The molecule has 5 nitrogen and oxygen atoms in total. The fourth-order valence-electron chi connectivity index (χ4n) is 6.22. The van der Waals surface area contributed by atoms with Gasteiger partial charge in [-0.25, -0.2) is 13.9 Å². The summed E-state index contributed by atoms with van der Waals surface area (Å²) < 4.78 is 57.3. The van der Waals surface area contributed by atoms with Crippen molar-refractivity contribution in [2.24, 2.45) is 17.3 Å². The molecule has 0 radical (unpaired) electrons. The van der Waals surface area contributed by atoms with E-state index in [9.17, 15) is 22.4 Å². The van der Waals surface area contributed by atoms with Gasteiger partial charge in [-0.3, -0.25) is 0 Å². The van der Waals surface area contributed by atoms with Gasteiger partial charge in [0.15, 0.2) is 0 Å². The average molecular weight is 503 g/mol. The molecule has 1 saturated carbocycles. The Bertz CT molecular complexity index is 1230. The molecule has 4 atom stereocenters. The van der Waals surface area contributed by atoms with Crippen LogP contribution in [-0.2, 0) is 6.42 Å². The lowest BCUT2D eigenvalue weighted by molar-refractivity contribution is -0.186. The first-order valence-corrected chi connectivity index (χ1v) is 12.4. The molecule has 36 heavy (non-hydrogen) atoms. The summed E-state index contributed by atoms with van der Waals surface area (Å²) in [6.07, 6.45) is 2.83. The van der Waals surface area contributed by atoms with E-state index < -0.39 is 35.5 Å². The number of fused-ring (bicyclic) bond motifs is 4. The molecule has 0 spiro atoms. The molecule has 5 rings (SSSR count). The molecule has 9 heteroatoms. The Labute approximate surface area is 207 Å². The Morgan fingerprint density at radius 3 is 2.61 bits per heavy atom. The first kappa shape index (κ1) is 24.6. The number of halogens is 4. The second-order valence-corrected chi connectivity index (χ2v) is 10.6. The molecule has 1 aromatic carbocycles. The summed E-state index contributed by atoms with van der Waals surface area (Å²) in [5.74, 6) is -2.35. The Morgan fingerprint density at radius 1 is 1.22 bits per heavy atom. The Kier molecular flexibility index (Phi) is 6.00. The molecule has 2 amide bonds. The van der Waals surface area contributed by atoms with Gasteiger partial charge < -0.3 is 10.6 Å². The van der Waals surface area contributed by atoms with E-state index in [1.807, 2.05) is 0 Å². The van der Waals surface area contributed by atoms with Crippen LogP contribution in [0.25, 0.3) is 11.8 Å². The lowest BCUT2D eigenvalue weighted by Crippen LogP contribution is -2.57. The van der Waals surface area contributed by atoms with E-state index in [0.717, 1.165) is 28.1 Å². The number of benzene rings is 1. The van der Waals surface area contributed by atoms with Crippen LogP contribution in [-0.4, -0.2) is 34.1 Å². The molecule has 3 aliphatic rings. The minimum Gasteiger partial charge on any atom is -0.336 e. The Balaban J connectivity index is 1.49. The van der Waals surface area contributed by atoms with Crippen LogP contribution in [0.5, 0.6) is 0 Å². The number of aromatic nitrogens is 2. The Hall–Kier alpha value is -3.10. The van der Waals surface area contributed by atoms with E-state index in [2.05, 4.69) is 28.7 Å². The minimum atomic E-state index is -4.41. The minimum absolute atomic E-state index is 0.160. The summed E-state index contributed by atoms with van der Waals surface area (Å²) in [5.41, 5.74) is 4.33. The van der Waals surface area contributed by atoms with E-state index in [1.54, 1.807) is 42.9 Å². The Morgan fingerprint density at radius 2 is 1.94 bits per heavy atom. The molecule has 1 fully saturated rings. The van der Waals surface area contributed by atoms with E-state index in [1.165, 1.54) is 12.1 Å². The monoisotopic (exact) mass is 502 g/mol. The molecule has 0 aliphatic heterocycles. The summed E-state index contributed by atoms with van der Waals surface area (Å²) in [4.78, 5) is 12.5. The van der Waals surface area contributed by atoms with Gasteiger partial charge in [-0.15, -0.1) is 0 Å². The maximum absolute atomic E-state index is 14.0. The second-order valence-electron chi connectivity index (χ2n) is 10.6. The van der Waals surface area contributed by atoms with Crippen LogP contribution in [0.15, 0.2) is 47.7 Å². The summed E-state index contributed by atoms with van der Waals surface area (Å²) in [7, 11) is 0. The fourth-order valence-corrected chi connectivity index (χ4v) is 6.22. The van der Waals surface area contributed by atoms with Gasteiger partial charge in [0, 0.05) is 23.4 Å². The number of carbonyl (C=O) groups excluding carboxylic acids is 1. The molecule has 2 aromatic rings. The van der Waals surface area contributed by atoms with Gasteiger partial charge in [-0.2, -0.15) is 18.3 Å². The number of amides is 2. The van der Waals surface area contributed by atoms with E-state index in [-0.39, 0.29) is 18.3 Å². The van der Waals surface area contributed by atoms with Crippen LogP contribution >= 0.6 is 0 Å². The standard InChI is InChI=1S/C27H30F4N4O/c1-15(2)33-25(36)34-24-20-9-4-17-12-23-16(14-32-35(23)19-7-5-18(28)6-8-19)13-26(17,3)21(20)10-11-22(24)27(29,30)31/h5-8,10,12,14-15,20,22,24H,4,9,11,13H2,1-3H3,(H2,33,34,36)/t20-,22+,24+,26-/m0/s1. The third-order valence-corrected chi connectivity index (χ3v) is 7.88. The molecule has 0 unspecified atom stereocenters. The number of hydrogen-bond acceptors (Lipinski definition) is 2. The SMILES string of the molecule is CC(C)NC(=O)N[C@H]1[C@H](C(F)(F)F)CC=C2[C@@H]1CCC1=Cc3c(cnn3-c3ccc(F)cc3)C[C@@]12C. The van der Waals surface area contributed by atoms with Gasteiger partial charge in [0.2, 0.25) is 0 Å². The van der Waals surface area contributed by atoms with E-state index in [4.69, 9.17) is 0 Å². The van der Waals surface area contributed by atoms with Crippen molar-refractivity contribution < 1.29 is 22.4 Å². The molecule has 0 bridgehead atoms. The number of nitrogens with zero attached hydrogens (tertiary/aromatic N) is 2. The van der Waals surface area contributed by atoms with Crippen LogP contribution < -0.4 is 10.6 Å². The maximum Gasteiger partial charge on any atom is 0.394 e. The predicted molar refractivity (Wildman–Crippen MR) is 129 cm³/mol. The van der Waals surface area contributed by atoms with Crippen molar-refractivity contribution in [3.63, 3.8) is 0 Å². The van der Waals surface area contributed by atoms with Gasteiger partial charge in [0.1, 0.15) is 5.82 Å². The van der Waals surface area contributed by atoms with Crippen molar-refractivity contribution in [3.05, 3.63) is 64.8 Å². The maximum atomic E-state index is 14.0. The number of rotatable bonds is 3. The van der Waals surface area contributed by atoms with Crippen molar-refractivity contribution in [2.45, 2.75) is 64.7 Å². The zero-order chi connectivity index (χ0) is 25.8. The number of allylic oxidation sites excluding steroid dienone is 2. The predicted octanol–water partition coefficient (Wildman–Crippen LogP) is 5.95. The van der Waals surface area contributed by atoms with Crippen molar-refractivity contribution in [1.82, 2.24) is 20.4 Å². The van der Waals surface area contributed by atoms with Crippen molar-refractivity contribution >= 4 is 12.1 Å². The van der Waals surface area contributed by atoms with Crippen LogP contribution in [0.1, 0.15) is 51.3 Å². The molecule has 3 aliphatic carbocycles. The van der Waals surface area contributed by atoms with Gasteiger partial charge in [0.05, 0.1) is 23.5 Å². The lowest BCUT2D eigenvalue weighted by Gasteiger charge is -2.51. The highest BCUT2D eigenvalue weighted by molar-refractivity contribution is 5.75. The number of hydrogen-bond donors (Lipinski definition) is 2. The summed E-state index contributed by atoms with van der Waals surface area (Å²) >= 11 is 0. The van der Waals surface area contributed by atoms with Crippen LogP contribution in [0.2, 0.25) is 0 Å². The first-order chi connectivity index (χ1) is 17.0. The zero-order valence-corrected chi connectivity index (χ0v) is 20.5. The molecule has 192 valence electrons. The molecule has 2 N–H and O–H groups in total. The number of urea groups is 1. The molecule has 1 aromatic heterocycles. The van der Waals surface area contributed by atoms with Crippen LogP contribution in [0.3, 0.4) is 0 Å². The fraction of sp³-hybridized carbons (Fsp3) is 0.481. The summed E-state index contributed by atoms with van der Waals surface area (Å²) in [6.45, 7) is 5.64. The van der Waals surface area contributed by atoms with Crippen molar-refractivity contribution in [3.8, 4) is 5.69 Å². The zero-order valence-electron chi connectivity index (χ0n) is 20.5. The summed E-state index contributed by atoms with van der Waals surface area (Å²) in [6, 6.07) is 4.36.